The van der Waals surface area contributed by atoms with E-state index in [9.17, 15) is 19.2 Å². The molecule has 0 aromatic carbocycles. The molecule has 0 atom stereocenters. The first-order chi connectivity index (χ1) is 14.3. The highest BCUT2D eigenvalue weighted by atomic mass is 16.5. The summed E-state index contributed by atoms with van der Waals surface area (Å²) in [6.07, 6.45) is 1.62. The number of carbonyl (C=O) groups is 4. The van der Waals surface area contributed by atoms with Gasteiger partial charge < -0.3 is 24.3 Å². The highest BCUT2D eigenvalue weighted by molar-refractivity contribution is 6.04. The van der Waals surface area contributed by atoms with Gasteiger partial charge in [-0.1, -0.05) is 0 Å². The molecule has 2 rings (SSSR count). The Morgan fingerprint density at radius 1 is 1.07 bits per heavy atom. The van der Waals surface area contributed by atoms with Gasteiger partial charge in [0.25, 0.3) is 0 Å². The number of urea groups is 1. The first-order valence-electron chi connectivity index (χ1n) is 10.4. The zero-order chi connectivity index (χ0) is 22.4. The summed E-state index contributed by atoms with van der Waals surface area (Å²) in [7, 11) is 0. The second-order valence-corrected chi connectivity index (χ2v) is 7.14. The molecule has 1 aromatic heterocycles. The standard InChI is InChI=1S/C21H31N3O6/c1-6-23-14(5)18(13(4)19(23)20(27)30-8-3)16(25)12-24(15-9-10-15)21(28)22-11-17(26)29-7-2/h15H,6-12H2,1-5H3,(H,22,28). The summed E-state index contributed by atoms with van der Waals surface area (Å²) < 4.78 is 11.7. The minimum Gasteiger partial charge on any atom is -0.465 e. The van der Waals surface area contributed by atoms with Crippen LogP contribution in [0.2, 0.25) is 0 Å². The van der Waals surface area contributed by atoms with E-state index >= 15 is 0 Å². The van der Waals surface area contributed by atoms with Crippen molar-refractivity contribution in [2.75, 3.05) is 26.3 Å². The van der Waals surface area contributed by atoms with Gasteiger partial charge in [-0.15, -0.1) is 0 Å². The SMILES string of the molecule is CCOC(=O)CNC(=O)N(CC(=O)c1c(C)c(C(=O)OCC)n(CC)c1C)C1CC1. The van der Waals surface area contributed by atoms with Crippen LogP contribution in [-0.2, 0) is 20.8 Å². The lowest BCUT2D eigenvalue weighted by Crippen LogP contribution is -2.45. The van der Waals surface area contributed by atoms with Gasteiger partial charge in [-0.2, -0.15) is 0 Å². The molecule has 1 heterocycles. The van der Waals surface area contributed by atoms with Gasteiger partial charge in [-0.25, -0.2) is 9.59 Å². The van der Waals surface area contributed by atoms with Crippen molar-refractivity contribution >= 4 is 23.8 Å². The molecule has 1 N–H and O–H groups in total. The maximum Gasteiger partial charge on any atom is 0.355 e. The van der Waals surface area contributed by atoms with E-state index in [0.717, 1.165) is 12.8 Å². The van der Waals surface area contributed by atoms with Crippen molar-refractivity contribution in [1.82, 2.24) is 14.8 Å². The maximum absolute atomic E-state index is 13.2. The molecular weight excluding hydrogens is 390 g/mol. The van der Waals surface area contributed by atoms with E-state index < -0.39 is 18.0 Å². The van der Waals surface area contributed by atoms with Crippen LogP contribution in [0.4, 0.5) is 4.79 Å². The van der Waals surface area contributed by atoms with Gasteiger partial charge in [0.15, 0.2) is 5.78 Å². The van der Waals surface area contributed by atoms with E-state index in [1.807, 2.05) is 6.92 Å². The summed E-state index contributed by atoms with van der Waals surface area (Å²) in [4.78, 5) is 51.1. The zero-order valence-electron chi connectivity index (χ0n) is 18.4. The van der Waals surface area contributed by atoms with Crippen molar-refractivity contribution in [3.05, 3.63) is 22.5 Å². The Hall–Kier alpha value is -2.84. The largest absolute Gasteiger partial charge is 0.465 e. The number of esters is 2. The topological polar surface area (TPSA) is 107 Å². The molecule has 1 saturated carbocycles. The average molecular weight is 421 g/mol. The van der Waals surface area contributed by atoms with E-state index in [0.29, 0.717) is 29.1 Å². The molecule has 0 saturated heterocycles. The van der Waals surface area contributed by atoms with Crippen molar-refractivity contribution in [3.63, 3.8) is 0 Å². The average Bonchev–Trinajstić information content (AvgIpc) is 3.49. The van der Waals surface area contributed by atoms with Crippen molar-refractivity contribution < 1.29 is 28.7 Å². The Bertz CT molecular complexity index is 825. The highest BCUT2D eigenvalue weighted by Gasteiger charge is 2.36. The lowest BCUT2D eigenvalue weighted by molar-refractivity contribution is -0.141. The Morgan fingerprint density at radius 3 is 2.23 bits per heavy atom. The van der Waals surface area contributed by atoms with Gasteiger partial charge in [0.2, 0.25) is 0 Å². The van der Waals surface area contributed by atoms with Gasteiger partial charge in [-0.3, -0.25) is 9.59 Å². The number of ketones is 1. The first-order valence-corrected chi connectivity index (χ1v) is 10.4. The Balaban J connectivity index is 2.21. The van der Waals surface area contributed by atoms with Crippen LogP contribution >= 0.6 is 0 Å². The molecule has 1 fully saturated rings. The third-order valence-corrected chi connectivity index (χ3v) is 5.08. The number of nitrogens with one attached hydrogen (secondary N) is 1. The van der Waals surface area contributed by atoms with E-state index in [2.05, 4.69) is 5.32 Å². The van der Waals surface area contributed by atoms with E-state index in [4.69, 9.17) is 9.47 Å². The third kappa shape index (κ3) is 5.20. The normalized spacial score (nSPS) is 13.0. The fraction of sp³-hybridized carbons (Fsp3) is 0.619. The number of hydrogen-bond acceptors (Lipinski definition) is 6. The molecule has 1 aromatic rings. The summed E-state index contributed by atoms with van der Waals surface area (Å²) in [5, 5.41) is 2.52. The first kappa shape index (κ1) is 23.4. The number of rotatable bonds is 10. The van der Waals surface area contributed by atoms with Crippen LogP contribution in [0.3, 0.4) is 0 Å². The summed E-state index contributed by atoms with van der Waals surface area (Å²) in [6, 6.07) is -0.510. The van der Waals surface area contributed by atoms with Crippen LogP contribution in [0.1, 0.15) is 65.7 Å². The molecule has 0 radical (unpaired) electrons. The lowest BCUT2D eigenvalue weighted by Gasteiger charge is -2.22. The molecule has 0 spiro atoms. The fourth-order valence-electron chi connectivity index (χ4n) is 3.61. The maximum atomic E-state index is 13.2. The molecule has 9 nitrogen and oxygen atoms in total. The summed E-state index contributed by atoms with van der Waals surface area (Å²) in [5.74, 6) is -1.25. The number of hydrogen-bond donors (Lipinski definition) is 1. The second-order valence-electron chi connectivity index (χ2n) is 7.14. The Labute approximate surface area is 176 Å². The third-order valence-electron chi connectivity index (χ3n) is 5.08. The van der Waals surface area contributed by atoms with Gasteiger partial charge >= 0.3 is 18.0 Å². The fourth-order valence-corrected chi connectivity index (χ4v) is 3.61. The zero-order valence-corrected chi connectivity index (χ0v) is 18.4. The molecule has 9 heteroatoms. The molecule has 1 aliphatic carbocycles. The van der Waals surface area contributed by atoms with Crippen LogP contribution in [-0.4, -0.2) is 65.6 Å². The van der Waals surface area contributed by atoms with E-state index in [1.54, 1.807) is 32.3 Å². The molecule has 166 valence electrons. The number of Topliss-reactive ketones (excluding diaryl/α,β-unsaturated/α-hetero) is 1. The monoisotopic (exact) mass is 421 g/mol. The van der Waals surface area contributed by atoms with Crippen LogP contribution in [0.15, 0.2) is 0 Å². The summed E-state index contributed by atoms with van der Waals surface area (Å²) >= 11 is 0. The van der Waals surface area contributed by atoms with Crippen LogP contribution in [0.5, 0.6) is 0 Å². The predicted molar refractivity (Wildman–Crippen MR) is 110 cm³/mol. The molecule has 2 amide bonds. The summed E-state index contributed by atoms with van der Waals surface area (Å²) in [5.41, 5.74) is 2.03. The number of nitrogens with zero attached hydrogens (tertiary/aromatic N) is 2. The minimum atomic E-state index is -0.529. The van der Waals surface area contributed by atoms with Crippen molar-refractivity contribution in [2.24, 2.45) is 0 Å². The predicted octanol–water partition coefficient (Wildman–Crippen LogP) is 2.22. The number of carbonyl (C=O) groups excluding carboxylic acids is 4. The highest BCUT2D eigenvalue weighted by Crippen LogP contribution is 2.29. The quantitative estimate of drug-likeness (QED) is 0.459. The number of aromatic nitrogens is 1. The van der Waals surface area contributed by atoms with Crippen LogP contribution in [0, 0.1) is 13.8 Å². The van der Waals surface area contributed by atoms with Gasteiger partial charge in [0.1, 0.15) is 12.2 Å². The number of ether oxygens (including phenoxy) is 2. The Morgan fingerprint density at radius 2 is 1.70 bits per heavy atom. The van der Waals surface area contributed by atoms with E-state index in [1.165, 1.54) is 4.90 Å². The van der Waals surface area contributed by atoms with Crippen LogP contribution in [0.25, 0.3) is 0 Å². The van der Waals surface area contributed by atoms with E-state index in [-0.39, 0.29) is 38.1 Å². The van der Waals surface area contributed by atoms with Gasteiger partial charge in [0.05, 0.1) is 19.8 Å². The molecule has 1 aliphatic rings. The van der Waals surface area contributed by atoms with Crippen molar-refractivity contribution in [3.8, 4) is 0 Å². The van der Waals surface area contributed by atoms with Gasteiger partial charge in [-0.05, 0) is 53.0 Å². The summed E-state index contributed by atoms with van der Waals surface area (Å²) in [6.45, 7) is 9.43. The Kier molecular flexibility index (Phi) is 8.02. The molecule has 0 bridgehead atoms. The molecule has 0 aliphatic heterocycles. The van der Waals surface area contributed by atoms with Gasteiger partial charge in [0, 0.05) is 23.8 Å². The van der Waals surface area contributed by atoms with Crippen molar-refractivity contribution in [1.29, 1.82) is 0 Å². The lowest BCUT2D eigenvalue weighted by atomic mass is 10.1. The smallest absolute Gasteiger partial charge is 0.355 e. The molecule has 0 unspecified atom stereocenters. The number of amides is 2. The second kappa shape index (κ2) is 10.3. The molecular formula is C21H31N3O6. The van der Waals surface area contributed by atoms with Crippen molar-refractivity contribution in [2.45, 2.75) is 60.0 Å². The minimum absolute atomic E-state index is 0.0328. The van der Waals surface area contributed by atoms with Crippen LogP contribution < -0.4 is 5.32 Å². The molecule has 30 heavy (non-hydrogen) atoms.